The second-order valence-corrected chi connectivity index (χ2v) is 9.01. The lowest BCUT2D eigenvalue weighted by Crippen LogP contribution is -2.44. The molecule has 8 nitrogen and oxygen atoms in total. The summed E-state index contributed by atoms with van der Waals surface area (Å²) in [5, 5.41) is 8.47. The van der Waals surface area contributed by atoms with E-state index in [1.165, 1.54) is 17.5 Å². The summed E-state index contributed by atoms with van der Waals surface area (Å²) in [5.74, 6) is 1.35. The Bertz CT molecular complexity index is 922. The SMILES string of the molecule is COc1ccc(Cl)cc1S(=O)(=O)N1CCCC(Oc2ccc(N(C)C)nn2)C1. The van der Waals surface area contributed by atoms with Crippen LogP contribution in [0.15, 0.2) is 35.2 Å². The van der Waals surface area contributed by atoms with Gasteiger partial charge in [-0.25, -0.2) is 8.42 Å². The molecule has 10 heteroatoms. The molecule has 1 saturated heterocycles. The molecular weight excluding hydrogens is 404 g/mol. The molecule has 0 saturated carbocycles. The van der Waals surface area contributed by atoms with Crippen molar-refractivity contribution in [2.75, 3.05) is 39.2 Å². The van der Waals surface area contributed by atoms with Gasteiger partial charge in [0, 0.05) is 31.7 Å². The van der Waals surface area contributed by atoms with Crippen LogP contribution in [-0.4, -0.2) is 63.3 Å². The number of hydrogen-bond acceptors (Lipinski definition) is 7. The Hall–Kier alpha value is -2.10. The van der Waals surface area contributed by atoms with Crippen LogP contribution in [0.1, 0.15) is 12.8 Å². The van der Waals surface area contributed by atoms with Crippen LogP contribution in [-0.2, 0) is 10.0 Å². The molecule has 3 rings (SSSR count). The third kappa shape index (κ3) is 4.48. The number of sulfonamides is 1. The first kappa shape index (κ1) is 20.6. The van der Waals surface area contributed by atoms with E-state index in [4.69, 9.17) is 21.1 Å². The predicted octanol–water partition coefficient (Wildman–Crippen LogP) is 2.44. The summed E-state index contributed by atoms with van der Waals surface area (Å²) in [6, 6.07) is 8.09. The molecule has 1 unspecified atom stereocenters. The van der Waals surface area contributed by atoms with Crippen LogP contribution in [0.4, 0.5) is 5.82 Å². The lowest BCUT2D eigenvalue weighted by Gasteiger charge is -2.32. The van der Waals surface area contributed by atoms with Gasteiger partial charge in [0.25, 0.3) is 0 Å². The van der Waals surface area contributed by atoms with E-state index in [0.717, 1.165) is 6.42 Å². The Morgan fingerprint density at radius 3 is 2.64 bits per heavy atom. The topological polar surface area (TPSA) is 84.9 Å². The number of nitrogens with zero attached hydrogens (tertiary/aromatic N) is 4. The Morgan fingerprint density at radius 1 is 1.21 bits per heavy atom. The normalized spacial score (nSPS) is 17.9. The van der Waals surface area contributed by atoms with E-state index < -0.39 is 10.0 Å². The quantitative estimate of drug-likeness (QED) is 0.701. The van der Waals surface area contributed by atoms with Crippen molar-refractivity contribution in [1.82, 2.24) is 14.5 Å². The van der Waals surface area contributed by atoms with Crippen molar-refractivity contribution in [3.63, 3.8) is 0 Å². The van der Waals surface area contributed by atoms with Gasteiger partial charge >= 0.3 is 0 Å². The highest BCUT2D eigenvalue weighted by molar-refractivity contribution is 7.89. The van der Waals surface area contributed by atoms with Crippen LogP contribution in [0.3, 0.4) is 0 Å². The fourth-order valence-corrected chi connectivity index (χ4v) is 4.92. The molecule has 1 aliphatic rings. The average Bonchev–Trinajstić information content (AvgIpc) is 2.68. The van der Waals surface area contributed by atoms with Crippen molar-refractivity contribution in [3.05, 3.63) is 35.4 Å². The molecule has 1 aliphatic heterocycles. The molecule has 0 aliphatic carbocycles. The number of benzene rings is 1. The van der Waals surface area contributed by atoms with Crippen molar-refractivity contribution in [2.45, 2.75) is 23.8 Å². The molecule has 28 heavy (non-hydrogen) atoms. The third-order valence-corrected chi connectivity index (χ3v) is 6.58. The number of halogens is 1. The van der Waals surface area contributed by atoms with Gasteiger partial charge in [-0.15, -0.1) is 10.2 Å². The van der Waals surface area contributed by atoms with Gasteiger partial charge in [0.2, 0.25) is 15.9 Å². The minimum Gasteiger partial charge on any atom is -0.495 e. The maximum Gasteiger partial charge on any atom is 0.246 e. The highest BCUT2D eigenvalue weighted by atomic mass is 35.5. The van der Waals surface area contributed by atoms with Crippen LogP contribution < -0.4 is 14.4 Å². The summed E-state index contributed by atoms with van der Waals surface area (Å²) in [6.07, 6.45) is 1.10. The van der Waals surface area contributed by atoms with E-state index >= 15 is 0 Å². The predicted molar refractivity (Wildman–Crippen MR) is 107 cm³/mol. The zero-order valence-corrected chi connectivity index (χ0v) is 17.6. The first-order valence-corrected chi connectivity index (χ1v) is 10.6. The van der Waals surface area contributed by atoms with Crippen molar-refractivity contribution < 1.29 is 17.9 Å². The number of methoxy groups -OCH3 is 1. The lowest BCUT2D eigenvalue weighted by molar-refractivity contribution is 0.123. The van der Waals surface area contributed by atoms with E-state index in [0.29, 0.717) is 29.7 Å². The number of aromatic nitrogens is 2. The zero-order chi connectivity index (χ0) is 20.3. The van der Waals surface area contributed by atoms with Gasteiger partial charge in [-0.3, -0.25) is 0 Å². The van der Waals surface area contributed by atoms with E-state index in [2.05, 4.69) is 10.2 Å². The molecule has 152 valence electrons. The van der Waals surface area contributed by atoms with E-state index in [9.17, 15) is 8.42 Å². The molecule has 1 fully saturated rings. The monoisotopic (exact) mass is 426 g/mol. The van der Waals surface area contributed by atoms with Crippen LogP contribution in [0.2, 0.25) is 5.02 Å². The second-order valence-electron chi connectivity index (χ2n) is 6.66. The number of anilines is 1. The average molecular weight is 427 g/mol. The third-order valence-electron chi connectivity index (χ3n) is 4.46. The maximum atomic E-state index is 13.1. The summed E-state index contributed by atoms with van der Waals surface area (Å²) in [5.41, 5.74) is 0. The summed E-state index contributed by atoms with van der Waals surface area (Å²) in [7, 11) is 1.41. The Morgan fingerprint density at radius 2 is 2.00 bits per heavy atom. The molecule has 1 atom stereocenters. The number of ether oxygens (including phenoxy) is 2. The smallest absolute Gasteiger partial charge is 0.246 e. The molecule has 0 radical (unpaired) electrons. The zero-order valence-electron chi connectivity index (χ0n) is 16.0. The molecule has 2 aromatic rings. The Labute approximate surface area is 170 Å². The van der Waals surface area contributed by atoms with Gasteiger partial charge in [-0.2, -0.15) is 4.31 Å². The summed E-state index contributed by atoms with van der Waals surface area (Å²) < 4.78 is 38.8. The van der Waals surface area contributed by atoms with Crippen molar-refractivity contribution in [1.29, 1.82) is 0 Å². The Kier molecular flexibility index (Phi) is 6.26. The number of rotatable bonds is 6. The molecule has 0 N–H and O–H groups in total. The molecule has 1 aromatic carbocycles. The second kappa shape index (κ2) is 8.50. The molecular formula is C18H23ClN4O4S. The lowest BCUT2D eigenvalue weighted by atomic mass is 10.1. The molecule has 0 amide bonds. The van der Waals surface area contributed by atoms with E-state index in [-0.39, 0.29) is 23.3 Å². The fraction of sp³-hybridized carbons (Fsp3) is 0.444. The van der Waals surface area contributed by atoms with Crippen molar-refractivity contribution in [2.24, 2.45) is 0 Å². The first-order chi connectivity index (χ1) is 13.3. The summed E-state index contributed by atoms with van der Waals surface area (Å²) in [6.45, 7) is 0.623. The molecule has 1 aromatic heterocycles. The van der Waals surface area contributed by atoms with Crippen LogP contribution in [0.5, 0.6) is 11.6 Å². The minimum absolute atomic E-state index is 0.0540. The van der Waals surface area contributed by atoms with E-state index in [1.54, 1.807) is 24.3 Å². The van der Waals surface area contributed by atoms with Gasteiger partial charge in [0.1, 0.15) is 16.7 Å². The van der Waals surface area contributed by atoms with Crippen LogP contribution in [0.25, 0.3) is 0 Å². The summed E-state index contributed by atoms with van der Waals surface area (Å²) in [4.78, 5) is 1.89. The maximum absolute atomic E-state index is 13.1. The number of hydrogen-bond donors (Lipinski definition) is 0. The largest absolute Gasteiger partial charge is 0.495 e. The van der Waals surface area contributed by atoms with E-state index in [1.807, 2.05) is 19.0 Å². The molecule has 0 spiro atoms. The molecule has 0 bridgehead atoms. The highest BCUT2D eigenvalue weighted by Gasteiger charge is 2.33. The molecule has 2 heterocycles. The van der Waals surface area contributed by atoms with Crippen LogP contribution >= 0.6 is 11.6 Å². The van der Waals surface area contributed by atoms with Crippen molar-refractivity contribution >= 4 is 27.4 Å². The Balaban J connectivity index is 1.76. The van der Waals surface area contributed by atoms with Gasteiger partial charge in [0.05, 0.1) is 13.7 Å². The van der Waals surface area contributed by atoms with Gasteiger partial charge in [-0.05, 0) is 37.1 Å². The number of piperidine rings is 1. The minimum atomic E-state index is -3.77. The van der Waals surface area contributed by atoms with Crippen LogP contribution in [0, 0.1) is 0 Å². The van der Waals surface area contributed by atoms with Gasteiger partial charge in [0.15, 0.2) is 5.82 Å². The van der Waals surface area contributed by atoms with Gasteiger partial charge in [-0.1, -0.05) is 11.6 Å². The van der Waals surface area contributed by atoms with Crippen molar-refractivity contribution in [3.8, 4) is 11.6 Å². The fourth-order valence-electron chi connectivity index (χ4n) is 3.00. The highest BCUT2D eigenvalue weighted by Crippen LogP contribution is 2.31. The standard InChI is InChI=1S/C18H23ClN4O4S/c1-22(2)17-8-9-18(21-20-17)27-14-5-4-10-23(12-14)28(24,25)16-11-13(19)6-7-15(16)26-3/h6-9,11,14H,4-5,10,12H2,1-3H3. The van der Waals surface area contributed by atoms with Gasteiger partial charge < -0.3 is 14.4 Å². The first-order valence-electron chi connectivity index (χ1n) is 8.82. The summed E-state index contributed by atoms with van der Waals surface area (Å²) >= 11 is 6.01.